The monoisotopic (exact) mass is 318 g/mol. The van der Waals surface area contributed by atoms with Gasteiger partial charge in [-0.2, -0.15) is 5.10 Å². The Morgan fingerprint density at radius 1 is 1.45 bits per heavy atom. The van der Waals surface area contributed by atoms with Crippen LogP contribution in [0.2, 0.25) is 0 Å². The van der Waals surface area contributed by atoms with Gasteiger partial charge in [0.25, 0.3) is 0 Å². The molecule has 0 radical (unpaired) electrons. The molecule has 0 saturated carbocycles. The lowest BCUT2D eigenvalue weighted by atomic mass is 10.2. The van der Waals surface area contributed by atoms with Crippen molar-refractivity contribution in [3.05, 3.63) is 36.9 Å². The van der Waals surface area contributed by atoms with Gasteiger partial charge in [-0.3, -0.25) is 14.5 Å². The molecule has 0 spiro atoms. The van der Waals surface area contributed by atoms with Crippen LogP contribution in [0, 0.1) is 0 Å². The summed E-state index contributed by atoms with van der Waals surface area (Å²) < 4.78 is 7.40. The molecule has 1 saturated heterocycles. The summed E-state index contributed by atoms with van der Waals surface area (Å²) in [5.41, 5.74) is 0.721. The number of ether oxygens (including phenoxy) is 1. The fourth-order valence-electron chi connectivity index (χ4n) is 2.31. The summed E-state index contributed by atoms with van der Waals surface area (Å²) in [5, 5.41) is 7.12. The molecule has 0 aliphatic carbocycles. The van der Waals surface area contributed by atoms with Gasteiger partial charge in [-0.15, -0.1) is 11.8 Å². The van der Waals surface area contributed by atoms with E-state index in [0.717, 1.165) is 36.6 Å². The first kappa shape index (κ1) is 15.1. The van der Waals surface area contributed by atoms with E-state index in [4.69, 9.17) is 4.74 Å². The van der Waals surface area contributed by atoms with Gasteiger partial charge in [0.2, 0.25) is 5.91 Å². The minimum atomic E-state index is -0.0431. The van der Waals surface area contributed by atoms with Crippen molar-refractivity contribution in [2.45, 2.75) is 30.4 Å². The summed E-state index contributed by atoms with van der Waals surface area (Å²) >= 11 is 1.48. The predicted octanol–water partition coefficient (Wildman–Crippen LogP) is 2.19. The summed E-state index contributed by atoms with van der Waals surface area (Å²) in [6.45, 7) is 1.57. The first-order chi connectivity index (χ1) is 10.8. The van der Waals surface area contributed by atoms with Gasteiger partial charge in [-0.1, -0.05) is 0 Å². The molecule has 1 atom stereocenters. The van der Waals surface area contributed by atoms with Crippen LogP contribution in [0.3, 0.4) is 0 Å². The lowest BCUT2D eigenvalue weighted by Gasteiger charge is -2.08. The predicted molar refractivity (Wildman–Crippen MR) is 84.8 cm³/mol. The molecule has 22 heavy (non-hydrogen) atoms. The number of hydrogen-bond donors (Lipinski definition) is 1. The Morgan fingerprint density at radius 3 is 3.09 bits per heavy atom. The second kappa shape index (κ2) is 7.42. The molecule has 1 amide bonds. The number of rotatable bonds is 6. The second-order valence-corrected chi connectivity index (χ2v) is 6.15. The van der Waals surface area contributed by atoms with Crippen molar-refractivity contribution in [1.82, 2.24) is 14.8 Å². The van der Waals surface area contributed by atoms with E-state index < -0.39 is 0 Å². The number of nitrogens with zero attached hydrogens (tertiary/aromatic N) is 3. The van der Waals surface area contributed by atoms with Crippen molar-refractivity contribution in [1.29, 1.82) is 0 Å². The number of carbonyl (C=O) groups is 1. The number of hydrogen-bond acceptors (Lipinski definition) is 5. The van der Waals surface area contributed by atoms with Gasteiger partial charge >= 0.3 is 0 Å². The van der Waals surface area contributed by atoms with Crippen molar-refractivity contribution in [3.63, 3.8) is 0 Å². The van der Waals surface area contributed by atoms with Crippen molar-refractivity contribution in [2.75, 3.05) is 17.7 Å². The molecule has 0 aromatic carbocycles. The zero-order chi connectivity index (χ0) is 15.2. The number of nitrogens with one attached hydrogen (secondary N) is 1. The smallest absolute Gasteiger partial charge is 0.234 e. The molecule has 6 nitrogen and oxygen atoms in total. The molecule has 1 unspecified atom stereocenters. The minimum absolute atomic E-state index is 0.0431. The molecule has 7 heteroatoms. The van der Waals surface area contributed by atoms with E-state index in [-0.39, 0.29) is 12.0 Å². The second-order valence-electron chi connectivity index (χ2n) is 5.11. The number of carbonyl (C=O) groups excluding carboxylic acids is 1. The lowest BCUT2D eigenvalue weighted by molar-refractivity contribution is -0.113. The van der Waals surface area contributed by atoms with E-state index in [9.17, 15) is 4.79 Å². The lowest BCUT2D eigenvalue weighted by Crippen LogP contribution is -2.15. The average Bonchev–Trinajstić information content (AvgIpc) is 3.19. The van der Waals surface area contributed by atoms with Crippen LogP contribution in [-0.2, 0) is 16.1 Å². The summed E-state index contributed by atoms with van der Waals surface area (Å²) in [5.74, 6) is 0.319. The molecule has 1 aliphatic rings. The summed E-state index contributed by atoms with van der Waals surface area (Å²) in [4.78, 5) is 16.9. The van der Waals surface area contributed by atoms with Crippen molar-refractivity contribution in [3.8, 4) is 0 Å². The molecular formula is C15H18N4O2S. The molecule has 3 rings (SSSR count). The quantitative estimate of drug-likeness (QED) is 0.827. The number of amides is 1. The highest BCUT2D eigenvalue weighted by Crippen LogP contribution is 2.17. The van der Waals surface area contributed by atoms with Gasteiger partial charge in [-0.25, -0.2) is 0 Å². The summed E-state index contributed by atoms with van der Waals surface area (Å²) in [6, 6.07) is 3.77. The minimum Gasteiger partial charge on any atom is -0.376 e. The van der Waals surface area contributed by atoms with Crippen molar-refractivity contribution < 1.29 is 9.53 Å². The van der Waals surface area contributed by atoms with Gasteiger partial charge in [0.05, 0.1) is 30.3 Å². The van der Waals surface area contributed by atoms with Gasteiger partial charge in [0, 0.05) is 30.1 Å². The van der Waals surface area contributed by atoms with Crippen LogP contribution in [0.4, 0.5) is 5.69 Å². The Labute approximate surface area is 133 Å². The number of anilines is 1. The Kier molecular flexibility index (Phi) is 5.07. The molecule has 2 aromatic rings. The highest BCUT2D eigenvalue weighted by atomic mass is 32.2. The molecule has 0 bridgehead atoms. The van der Waals surface area contributed by atoms with E-state index in [2.05, 4.69) is 15.4 Å². The number of thioether (sulfide) groups is 1. The summed E-state index contributed by atoms with van der Waals surface area (Å²) in [7, 11) is 0. The highest BCUT2D eigenvalue weighted by Gasteiger charge is 2.16. The number of pyridine rings is 1. The number of aromatic nitrogens is 3. The zero-order valence-corrected chi connectivity index (χ0v) is 13.0. The molecular weight excluding hydrogens is 300 g/mol. The Hall–Kier alpha value is -1.86. The van der Waals surface area contributed by atoms with Crippen LogP contribution in [0.1, 0.15) is 12.8 Å². The fraction of sp³-hybridized carbons (Fsp3) is 0.400. The molecule has 1 fully saturated rings. The standard InChI is InChI=1S/C15H18N4O2S/c20-15(11-22-14-3-5-16-6-4-14)18-12-8-17-19(9-12)10-13-2-1-7-21-13/h3-6,8-9,13H,1-2,7,10-11H2,(H,18,20). The van der Waals surface area contributed by atoms with Gasteiger partial charge < -0.3 is 10.1 Å². The maximum absolute atomic E-state index is 11.9. The van der Waals surface area contributed by atoms with Crippen LogP contribution < -0.4 is 5.32 Å². The highest BCUT2D eigenvalue weighted by molar-refractivity contribution is 8.00. The first-order valence-corrected chi connectivity index (χ1v) is 8.25. The third-order valence-electron chi connectivity index (χ3n) is 3.35. The Morgan fingerprint density at radius 2 is 2.32 bits per heavy atom. The largest absolute Gasteiger partial charge is 0.376 e. The summed E-state index contributed by atoms with van der Waals surface area (Å²) in [6.07, 6.45) is 9.38. The first-order valence-electron chi connectivity index (χ1n) is 7.26. The van der Waals surface area contributed by atoms with E-state index >= 15 is 0 Å². The van der Waals surface area contributed by atoms with Gasteiger partial charge in [0.15, 0.2) is 0 Å². The third-order valence-corrected chi connectivity index (χ3v) is 4.36. The van der Waals surface area contributed by atoms with E-state index in [1.807, 2.05) is 23.0 Å². The topological polar surface area (TPSA) is 69.0 Å². The average molecular weight is 318 g/mol. The van der Waals surface area contributed by atoms with E-state index in [1.54, 1.807) is 18.6 Å². The van der Waals surface area contributed by atoms with Crippen LogP contribution in [0.5, 0.6) is 0 Å². The van der Waals surface area contributed by atoms with Crippen molar-refractivity contribution >= 4 is 23.4 Å². The molecule has 1 N–H and O–H groups in total. The van der Waals surface area contributed by atoms with Crippen LogP contribution in [0.15, 0.2) is 41.8 Å². The Bertz CT molecular complexity index is 611. The van der Waals surface area contributed by atoms with Crippen LogP contribution >= 0.6 is 11.8 Å². The van der Waals surface area contributed by atoms with E-state index in [0.29, 0.717) is 5.75 Å². The molecule has 2 aromatic heterocycles. The van der Waals surface area contributed by atoms with Gasteiger partial charge in [-0.05, 0) is 25.0 Å². The molecule has 1 aliphatic heterocycles. The Balaban J connectivity index is 1.46. The molecule has 3 heterocycles. The third kappa shape index (κ3) is 4.32. The molecule has 116 valence electrons. The van der Waals surface area contributed by atoms with Crippen LogP contribution in [-0.4, -0.2) is 39.1 Å². The maximum Gasteiger partial charge on any atom is 0.234 e. The maximum atomic E-state index is 11.9. The normalized spacial score (nSPS) is 17.5. The van der Waals surface area contributed by atoms with Gasteiger partial charge in [0.1, 0.15) is 0 Å². The SMILES string of the molecule is O=C(CSc1ccncc1)Nc1cnn(CC2CCCO2)c1. The van der Waals surface area contributed by atoms with E-state index in [1.165, 1.54) is 11.8 Å². The van der Waals surface area contributed by atoms with Crippen LogP contribution in [0.25, 0.3) is 0 Å². The zero-order valence-electron chi connectivity index (χ0n) is 12.1. The fourth-order valence-corrected chi connectivity index (χ4v) is 2.99. The van der Waals surface area contributed by atoms with Crippen molar-refractivity contribution in [2.24, 2.45) is 0 Å².